The third-order valence-electron chi connectivity index (χ3n) is 4.72. The Morgan fingerprint density at radius 3 is 2.41 bits per heavy atom. The van der Waals surface area contributed by atoms with Crippen molar-refractivity contribution >= 4 is 29.3 Å². The van der Waals surface area contributed by atoms with Gasteiger partial charge >= 0.3 is 5.97 Å². The van der Waals surface area contributed by atoms with Crippen LogP contribution in [0.2, 0.25) is 0 Å². The zero-order valence-corrected chi connectivity index (χ0v) is 19.2. The third-order valence-corrected chi connectivity index (χ3v) is 5.62. The zero-order valence-electron chi connectivity index (χ0n) is 18.4. The number of rotatable bonds is 9. The van der Waals surface area contributed by atoms with Crippen LogP contribution in [0.4, 0.5) is 5.69 Å². The van der Waals surface area contributed by atoms with Crippen molar-refractivity contribution in [2.75, 3.05) is 24.8 Å². The fraction of sp³-hybridized carbons (Fsp3) is 0.120. The lowest BCUT2D eigenvalue weighted by atomic mass is 10.2. The van der Waals surface area contributed by atoms with Gasteiger partial charge in [0.25, 0.3) is 5.91 Å². The quantitative estimate of drug-likeness (QED) is 0.287. The van der Waals surface area contributed by atoms with Gasteiger partial charge in [0, 0.05) is 23.0 Å². The Hall–Kier alpha value is -4.11. The molecule has 0 bridgehead atoms. The molecule has 0 unspecified atom stereocenters. The van der Waals surface area contributed by atoms with Crippen molar-refractivity contribution in [1.82, 2.24) is 14.8 Å². The summed E-state index contributed by atoms with van der Waals surface area (Å²) in [5.41, 5.74) is 2.33. The second kappa shape index (κ2) is 11.2. The largest absolute Gasteiger partial charge is 0.497 e. The highest BCUT2D eigenvalue weighted by Gasteiger charge is 2.18. The highest BCUT2D eigenvalue weighted by Crippen LogP contribution is 2.27. The van der Waals surface area contributed by atoms with Crippen molar-refractivity contribution < 1.29 is 19.1 Å². The molecule has 0 saturated heterocycles. The van der Waals surface area contributed by atoms with E-state index in [0.29, 0.717) is 22.4 Å². The third kappa shape index (κ3) is 5.81. The highest BCUT2D eigenvalue weighted by atomic mass is 32.2. The molecule has 34 heavy (non-hydrogen) atoms. The standard InChI is InChI=1S/C25H22N4O4S/c1-32-21-14-8-11-19(15-21)26-22(30)16-33-23(31)17-34-25-28-27-24(18-9-4-2-5-10-18)29(25)20-12-6-3-7-13-20/h2-15H,16-17H2,1H3,(H,26,30). The normalized spacial score (nSPS) is 10.5. The van der Waals surface area contributed by atoms with Crippen molar-refractivity contribution in [3.8, 4) is 22.8 Å². The van der Waals surface area contributed by atoms with E-state index in [9.17, 15) is 9.59 Å². The molecular weight excluding hydrogens is 452 g/mol. The number of nitrogens with one attached hydrogen (secondary N) is 1. The molecule has 0 atom stereocenters. The Kier molecular flexibility index (Phi) is 7.56. The van der Waals surface area contributed by atoms with E-state index in [4.69, 9.17) is 9.47 Å². The second-order valence-corrected chi connectivity index (χ2v) is 8.02. The molecule has 9 heteroatoms. The first-order valence-corrected chi connectivity index (χ1v) is 11.4. The number of carbonyl (C=O) groups is 2. The van der Waals surface area contributed by atoms with E-state index >= 15 is 0 Å². The van der Waals surface area contributed by atoms with Crippen molar-refractivity contribution in [3.05, 3.63) is 84.9 Å². The summed E-state index contributed by atoms with van der Waals surface area (Å²) < 4.78 is 12.2. The Morgan fingerprint density at radius 2 is 1.68 bits per heavy atom. The molecule has 8 nitrogen and oxygen atoms in total. The van der Waals surface area contributed by atoms with Crippen LogP contribution in [0.15, 0.2) is 90.1 Å². The summed E-state index contributed by atoms with van der Waals surface area (Å²) in [5.74, 6) is 0.288. The van der Waals surface area contributed by atoms with Gasteiger partial charge in [-0.15, -0.1) is 10.2 Å². The molecule has 0 radical (unpaired) electrons. The summed E-state index contributed by atoms with van der Waals surface area (Å²) in [6, 6.07) is 26.3. The molecule has 4 rings (SSSR count). The number of anilines is 1. The summed E-state index contributed by atoms with van der Waals surface area (Å²) in [6.07, 6.45) is 0. The van der Waals surface area contributed by atoms with E-state index in [-0.39, 0.29) is 5.75 Å². The SMILES string of the molecule is COc1cccc(NC(=O)COC(=O)CSc2nnc(-c3ccccc3)n2-c2ccccc2)c1. The average Bonchev–Trinajstić information content (AvgIpc) is 3.31. The number of thioether (sulfide) groups is 1. The van der Waals surface area contributed by atoms with E-state index in [2.05, 4.69) is 15.5 Å². The molecule has 0 aliphatic carbocycles. The van der Waals surface area contributed by atoms with Crippen LogP contribution in [0.5, 0.6) is 5.75 Å². The van der Waals surface area contributed by atoms with Crippen LogP contribution < -0.4 is 10.1 Å². The lowest BCUT2D eigenvalue weighted by molar-refractivity contribution is -0.144. The predicted molar refractivity (Wildman–Crippen MR) is 130 cm³/mol. The fourth-order valence-electron chi connectivity index (χ4n) is 3.16. The summed E-state index contributed by atoms with van der Waals surface area (Å²) in [7, 11) is 1.54. The molecule has 0 saturated carbocycles. The van der Waals surface area contributed by atoms with Gasteiger partial charge in [0.15, 0.2) is 17.6 Å². The Labute approximate surface area is 200 Å². The second-order valence-electron chi connectivity index (χ2n) is 7.07. The average molecular weight is 475 g/mol. The number of aromatic nitrogens is 3. The van der Waals surface area contributed by atoms with Gasteiger partial charge in [-0.2, -0.15) is 0 Å². The summed E-state index contributed by atoms with van der Waals surface area (Å²) >= 11 is 1.19. The molecule has 1 N–H and O–H groups in total. The van der Waals surface area contributed by atoms with E-state index in [0.717, 1.165) is 11.3 Å². The lowest BCUT2D eigenvalue weighted by Crippen LogP contribution is -2.21. The minimum absolute atomic E-state index is 0.0216. The molecule has 1 heterocycles. The minimum atomic E-state index is -0.533. The number of hydrogen-bond donors (Lipinski definition) is 1. The van der Waals surface area contributed by atoms with Gasteiger partial charge in [0.1, 0.15) is 5.75 Å². The topological polar surface area (TPSA) is 95.3 Å². The summed E-state index contributed by atoms with van der Waals surface area (Å²) in [5, 5.41) is 11.8. The molecule has 4 aromatic rings. The van der Waals surface area contributed by atoms with Crippen LogP contribution in [0.1, 0.15) is 0 Å². The van der Waals surface area contributed by atoms with E-state index < -0.39 is 18.5 Å². The molecule has 1 amide bonds. The van der Waals surface area contributed by atoms with Crippen molar-refractivity contribution in [1.29, 1.82) is 0 Å². The fourth-order valence-corrected chi connectivity index (χ4v) is 3.91. The summed E-state index contributed by atoms with van der Waals surface area (Å²) in [6.45, 7) is -0.392. The molecule has 0 fully saturated rings. The van der Waals surface area contributed by atoms with Crippen LogP contribution in [-0.2, 0) is 14.3 Å². The van der Waals surface area contributed by atoms with Crippen molar-refractivity contribution in [2.24, 2.45) is 0 Å². The first-order valence-electron chi connectivity index (χ1n) is 10.4. The Bertz CT molecular complexity index is 1260. The first-order chi connectivity index (χ1) is 16.6. The molecular formula is C25H22N4O4S. The van der Waals surface area contributed by atoms with E-state index in [1.807, 2.05) is 65.2 Å². The molecule has 0 aliphatic heterocycles. The molecule has 0 aliphatic rings. The number of methoxy groups -OCH3 is 1. The smallest absolute Gasteiger partial charge is 0.316 e. The van der Waals surface area contributed by atoms with Crippen LogP contribution in [0.3, 0.4) is 0 Å². The zero-order chi connectivity index (χ0) is 23.8. The van der Waals surface area contributed by atoms with Crippen molar-refractivity contribution in [3.63, 3.8) is 0 Å². The molecule has 3 aromatic carbocycles. The van der Waals surface area contributed by atoms with Gasteiger partial charge in [-0.3, -0.25) is 14.2 Å². The predicted octanol–water partition coefficient (Wildman–Crippen LogP) is 4.22. The van der Waals surface area contributed by atoms with Gasteiger partial charge in [0.05, 0.1) is 12.9 Å². The lowest BCUT2D eigenvalue weighted by Gasteiger charge is -2.10. The molecule has 172 valence electrons. The highest BCUT2D eigenvalue weighted by molar-refractivity contribution is 7.99. The van der Waals surface area contributed by atoms with Crippen LogP contribution in [-0.4, -0.2) is 46.1 Å². The van der Waals surface area contributed by atoms with Gasteiger partial charge in [-0.05, 0) is 24.3 Å². The number of benzene rings is 3. The number of carbonyl (C=O) groups excluding carboxylic acids is 2. The number of ether oxygens (including phenoxy) is 2. The van der Waals surface area contributed by atoms with Gasteiger partial charge in [-0.25, -0.2) is 0 Å². The minimum Gasteiger partial charge on any atom is -0.497 e. The van der Waals surface area contributed by atoms with E-state index in [1.165, 1.54) is 11.8 Å². The van der Waals surface area contributed by atoms with Gasteiger partial charge in [-0.1, -0.05) is 66.4 Å². The van der Waals surface area contributed by atoms with Crippen LogP contribution in [0.25, 0.3) is 17.1 Å². The number of nitrogens with zero attached hydrogens (tertiary/aromatic N) is 3. The van der Waals surface area contributed by atoms with Crippen LogP contribution in [0, 0.1) is 0 Å². The first kappa shape index (κ1) is 23.1. The maximum atomic E-state index is 12.3. The maximum Gasteiger partial charge on any atom is 0.316 e. The number of amides is 1. The number of para-hydroxylation sites is 1. The molecule has 0 spiro atoms. The Balaban J connectivity index is 1.39. The number of hydrogen-bond acceptors (Lipinski definition) is 7. The van der Waals surface area contributed by atoms with E-state index in [1.54, 1.807) is 31.4 Å². The number of esters is 1. The van der Waals surface area contributed by atoms with Crippen molar-refractivity contribution in [2.45, 2.75) is 5.16 Å². The molecule has 1 aromatic heterocycles. The van der Waals surface area contributed by atoms with Gasteiger partial charge in [0.2, 0.25) is 0 Å². The Morgan fingerprint density at radius 1 is 0.941 bits per heavy atom. The summed E-state index contributed by atoms with van der Waals surface area (Å²) in [4.78, 5) is 24.4. The van der Waals surface area contributed by atoms with Gasteiger partial charge < -0.3 is 14.8 Å². The van der Waals surface area contributed by atoms with Crippen LogP contribution >= 0.6 is 11.8 Å². The maximum absolute atomic E-state index is 12.3. The monoisotopic (exact) mass is 474 g/mol.